The molecule has 0 unspecified atom stereocenters. The van der Waals surface area contributed by atoms with Crippen LogP contribution in [0.15, 0.2) is 70.4 Å². The van der Waals surface area contributed by atoms with Gasteiger partial charge in [-0.3, -0.25) is 10.1 Å². The van der Waals surface area contributed by atoms with Gasteiger partial charge in [-0.1, -0.05) is 35.3 Å². The third kappa shape index (κ3) is 9.14. The maximum Gasteiger partial charge on any atom is 0.573 e. The van der Waals surface area contributed by atoms with Gasteiger partial charge in [-0.15, -0.1) is 23.0 Å². The Kier molecular flexibility index (Phi) is 11.6. The van der Waals surface area contributed by atoms with Gasteiger partial charge in [-0.25, -0.2) is 32.1 Å². The van der Waals surface area contributed by atoms with Gasteiger partial charge >= 0.3 is 30.1 Å². The first-order valence-electron chi connectivity index (χ1n) is 12.5. The molecule has 0 atom stereocenters. The van der Waals surface area contributed by atoms with Crippen LogP contribution in [0.1, 0.15) is 10.4 Å². The summed E-state index contributed by atoms with van der Waals surface area (Å²) in [6, 6.07) is 10.3. The first-order chi connectivity index (χ1) is 22.4. The molecule has 4 aromatic rings. The number of rotatable bonds is 8. The Bertz CT molecular complexity index is 2040. The number of sulfonamides is 1. The molecule has 1 heterocycles. The third-order valence-corrected chi connectivity index (χ3v) is 7.48. The SMILES string of the molecule is COC(=O)c1cc(Oc2ccc(Cl)cc2Cl)ccc1[N+](=O)[O-].COc1nn(C(=O)NS(=O)(=O)c2ccccc2OC(F)(F)F)c(=O)n1C. The monoisotopic (exact) mass is 737 g/mol. The average molecular weight is 738 g/mol. The minimum Gasteiger partial charge on any atom is -0.467 e. The summed E-state index contributed by atoms with van der Waals surface area (Å²) in [6.07, 6.45) is -5.15. The molecule has 16 nitrogen and oxygen atoms in total. The van der Waals surface area contributed by atoms with E-state index in [2.05, 4.69) is 14.6 Å². The Labute approximate surface area is 277 Å². The predicted octanol–water partition coefficient (Wildman–Crippen LogP) is 4.92. The lowest BCUT2D eigenvalue weighted by molar-refractivity contribution is -0.385. The Balaban J connectivity index is 0.000000264. The van der Waals surface area contributed by atoms with Crippen molar-refractivity contribution in [1.29, 1.82) is 0 Å². The van der Waals surface area contributed by atoms with Crippen molar-refractivity contribution in [3.63, 3.8) is 0 Å². The van der Waals surface area contributed by atoms with Crippen molar-refractivity contribution >= 4 is 50.9 Å². The van der Waals surface area contributed by atoms with E-state index in [0.717, 1.165) is 49.1 Å². The van der Waals surface area contributed by atoms with E-state index in [0.29, 0.717) is 10.8 Å². The van der Waals surface area contributed by atoms with Crippen LogP contribution in [0, 0.1) is 10.1 Å². The van der Waals surface area contributed by atoms with Crippen LogP contribution in [-0.2, 0) is 21.8 Å². The summed E-state index contributed by atoms with van der Waals surface area (Å²) in [7, 11) is -1.31. The topological polar surface area (TPSA) is 200 Å². The summed E-state index contributed by atoms with van der Waals surface area (Å²) in [6.45, 7) is 0. The number of esters is 1. The van der Waals surface area contributed by atoms with E-state index in [1.165, 1.54) is 30.0 Å². The standard InChI is InChI=1S/C14H9Cl2NO5.C12H11F3N4O6S/c1-21-14(18)10-7-9(3-4-12(10)17(19)20)22-13-5-2-8(15)6-11(13)16;1-18-10(24-2)16-19(11(18)21)9(20)17-26(22,23)8-6-4-3-5-7(8)25-12(13,14)15/h2-7H,1H3;3-6H,1-2H3,(H,17,20). The number of ether oxygens (including phenoxy) is 4. The highest BCUT2D eigenvalue weighted by molar-refractivity contribution is 7.90. The normalized spacial score (nSPS) is 11.1. The summed E-state index contributed by atoms with van der Waals surface area (Å²) < 4.78 is 82.4. The number of alkyl halides is 3. The Morgan fingerprint density at radius 2 is 1.69 bits per heavy atom. The Morgan fingerprint density at radius 3 is 2.25 bits per heavy atom. The van der Waals surface area contributed by atoms with Crippen molar-refractivity contribution in [2.75, 3.05) is 14.2 Å². The van der Waals surface area contributed by atoms with Gasteiger partial charge in [0.25, 0.3) is 15.7 Å². The quantitative estimate of drug-likeness (QED) is 0.146. The molecule has 48 heavy (non-hydrogen) atoms. The highest BCUT2D eigenvalue weighted by atomic mass is 35.5. The van der Waals surface area contributed by atoms with E-state index < -0.39 is 49.6 Å². The van der Waals surface area contributed by atoms with Gasteiger partial charge in [0.2, 0.25) is 0 Å². The molecule has 0 saturated heterocycles. The van der Waals surface area contributed by atoms with Gasteiger partial charge in [0, 0.05) is 24.2 Å². The predicted molar refractivity (Wildman–Crippen MR) is 159 cm³/mol. The molecule has 256 valence electrons. The molecular weight excluding hydrogens is 718 g/mol. The van der Waals surface area contributed by atoms with Crippen LogP contribution >= 0.6 is 23.2 Å². The van der Waals surface area contributed by atoms with Gasteiger partial charge in [0.1, 0.15) is 27.7 Å². The third-order valence-electron chi connectivity index (χ3n) is 5.59. The summed E-state index contributed by atoms with van der Waals surface area (Å²) in [5.74, 6) is -1.38. The van der Waals surface area contributed by atoms with Crippen molar-refractivity contribution in [3.8, 4) is 23.3 Å². The lowest BCUT2D eigenvalue weighted by atomic mass is 10.1. The van der Waals surface area contributed by atoms with E-state index >= 15 is 0 Å². The first kappa shape index (κ1) is 37.1. The number of nitrogens with zero attached hydrogens (tertiary/aromatic N) is 4. The van der Waals surface area contributed by atoms with E-state index in [9.17, 15) is 46.1 Å². The van der Waals surface area contributed by atoms with Crippen molar-refractivity contribution in [2.45, 2.75) is 11.3 Å². The fourth-order valence-electron chi connectivity index (χ4n) is 3.52. The van der Waals surface area contributed by atoms with Crippen LogP contribution in [-0.4, -0.2) is 60.3 Å². The number of aromatic nitrogens is 3. The number of para-hydroxylation sites is 1. The molecule has 0 bridgehead atoms. The van der Waals surface area contributed by atoms with Crippen LogP contribution in [0.25, 0.3) is 0 Å². The molecule has 3 aromatic carbocycles. The number of carbonyl (C=O) groups is 2. The van der Waals surface area contributed by atoms with Crippen molar-refractivity contribution in [2.24, 2.45) is 7.05 Å². The zero-order valence-corrected chi connectivity index (χ0v) is 26.7. The summed E-state index contributed by atoms with van der Waals surface area (Å²) >= 11 is 11.8. The molecule has 0 radical (unpaired) electrons. The molecule has 1 aromatic heterocycles. The minimum atomic E-state index is -5.15. The van der Waals surface area contributed by atoms with Crippen LogP contribution < -0.4 is 24.6 Å². The van der Waals surface area contributed by atoms with E-state index in [-0.39, 0.29) is 32.7 Å². The molecule has 4 rings (SSSR count). The van der Waals surface area contributed by atoms with Crippen LogP contribution in [0.3, 0.4) is 0 Å². The number of amides is 1. The molecule has 0 aliphatic rings. The summed E-state index contributed by atoms with van der Waals surface area (Å²) in [5, 5.41) is 15.1. The zero-order valence-electron chi connectivity index (χ0n) is 24.4. The number of nitro benzene ring substituents is 1. The molecule has 0 aliphatic carbocycles. The molecule has 1 amide bonds. The largest absolute Gasteiger partial charge is 0.573 e. The van der Waals surface area contributed by atoms with Crippen molar-refractivity contribution in [1.82, 2.24) is 19.1 Å². The van der Waals surface area contributed by atoms with Gasteiger partial charge in [-0.05, 0) is 36.4 Å². The number of hydrogen-bond acceptors (Lipinski definition) is 12. The number of halogens is 5. The average Bonchev–Trinajstić information content (AvgIpc) is 3.30. The zero-order chi connectivity index (χ0) is 36.0. The van der Waals surface area contributed by atoms with E-state index in [1.54, 1.807) is 12.1 Å². The van der Waals surface area contributed by atoms with Gasteiger partial charge in [-0.2, -0.15) is 0 Å². The Morgan fingerprint density at radius 1 is 1.02 bits per heavy atom. The molecule has 0 fully saturated rings. The van der Waals surface area contributed by atoms with Gasteiger partial charge in [0.15, 0.2) is 0 Å². The highest BCUT2D eigenvalue weighted by Crippen LogP contribution is 2.34. The summed E-state index contributed by atoms with van der Waals surface area (Å²) in [5.41, 5.74) is -1.62. The second-order valence-corrected chi connectivity index (χ2v) is 11.2. The van der Waals surface area contributed by atoms with Crippen LogP contribution in [0.5, 0.6) is 23.3 Å². The fourth-order valence-corrected chi connectivity index (χ4v) is 5.03. The van der Waals surface area contributed by atoms with Gasteiger partial charge in [0.05, 0.1) is 24.2 Å². The molecular formula is C26H20Cl2F3N5O11S. The van der Waals surface area contributed by atoms with Crippen LogP contribution in [0.2, 0.25) is 10.0 Å². The fraction of sp³-hybridized carbons (Fsp3) is 0.154. The van der Waals surface area contributed by atoms with Crippen molar-refractivity contribution in [3.05, 3.63) is 96.9 Å². The minimum absolute atomic E-state index is 0.142. The lowest BCUT2D eigenvalue weighted by Gasteiger charge is -2.13. The number of nitrogens with one attached hydrogen (secondary N) is 1. The number of nitro groups is 1. The first-order valence-corrected chi connectivity index (χ1v) is 14.7. The number of benzene rings is 3. The van der Waals surface area contributed by atoms with Gasteiger partial charge < -0.3 is 18.9 Å². The van der Waals surface area contributed by atoms with Crippen LogP contribution in [0.4, 0.5) is 23.7 Å². The lowest BCUT2D eigenvalue weighted by Crippen LogP contribution is -2.40. The molecule has 1 N–H and O–H groups in total. The Hall–Kier alpha value is -5.34. The molecule has 0 spiro atoms. The molecule has 0 saturated carbocycles. The maximum atomic E-state index is 12.4. The second kappa shape index (κ2) is 15.0. The highest BCUT2D eigenvalue weighted by Gasteiger charge is 2.35. The maximum absolute atomic E-state index is 12.4. The summed E-state index contributed by atoms with van der Waals surface area (Å²) in [4.78, 5) is 44.8. The smallest absolute Gasteiger partial charge is 0.467 e. The van der Waals surface area contributed by atoms with E-state index in [1.807, 2.05) is 0 Å². The molecule has 22 heteroatoms. The number of carbonyl (C=O) groups excluding carboxylic acids is 2. The number of hydrogen-bond donors (Lipinski definition) is 1. The second-order valence-electron chi connectivity index (χ2n) is 8.75. The molecule has 0 aliphatic heterocycles. The number of methoxy groups -OCH3 is 2. The van der Waals surface area contributed by atoms with Crippen molar-refractivity contribution < 1.29 is 55.0 Å². The van der Waals surface area contributed by atoms with E-state index in [4.69, 9.17) is 32.7 Å².